The highest BCUT2D eigenvalue weighted by molar-refractivity contribution is 5.65. The molecule has 15 heavy (non-hydrogen) atoms. The number of benzene rings is 1. The number of nitrogens with zero attached hydrogens (tertiary/aromatic N) is 1. The van der Waals surface area contributed by atoms with Crippen LogP contribution in [-0.2, 0) is 4.74 Å². The summed E-state index contributed by atoms with van der Waals surface area (Å²) in [6, 6.07) is 6.19. The van der Waals surface area contributed by atoms with Gasteiger partial charge in [-0.05, 0) is 12.1 Å². The first-order valence-corrected chi connectivity index (χ1v) is 5.21. The highest BCUT2D eigenvalue weighted by atomic mass is 16.5. The lowest BCUT2D eigenvalue weighted by Crippen LogP contribution is -2.51. The second-order valence-corrected chi connectivity index (χ2v) is 3.96. The summed E-state index contributed by atoms with van der Waals surface area (Å²) in [5, 5.41) is 0. The molecule has 1 fully saturated rings. The molecule has 1 atom stereocenters. The molecule has 80 valence electrons. The summed E-state index contributed by atoms with van der Waals surface area (Å²) >= 11 is 0. The van der Waals surface area contributed by atoms with Crippen molar-refractivity contribution in [3.05, 3.63) is 18.2 Å². The number of nitrogens with two attached hydrogens (primary N) is 1. The van der Waals surface area contributed by atoms with E-state index in [2.05, 4.69) is 4.90 Å². The average molecular weight is 206 g/mol. The molecule has 4 heteroatoms. The average Bonchev–Trinajstić information content (AvgIpc) is 2.28. The second kappa shape index (κ2) is 3.31. The third-order valence-electron chi connectivity index (χ3n) is 2.95. The maximum Gasteiger partial charge on any atom is 0.144 e. The van der Waals surface area contributed by atoms with E-state index in [1.54, 1.807) is 0 Å². The molecule has 2 N–H and O–H groups in total. The second-order valence-electron chi connectivity index (χ2n) is 3.96. The molecule has 2 heterocycles. The quantitative estimate of drug-likeness (QED) is 0.640. The lowest BCUT2D eigenvalue weighted by molar-refractivity contribution is 0.0705. The van der Waals surface area contributed by atoms with Gasteiger partial charge in [-0.25, -0.2) is 0 Å². The van der Waals surface area contributed by atoms with E-state index in [9.17, 15) is 0 Å². The van der Waals surface area contributed by atoms with Gasteiger partial charge in [-0.2, -0.15) is 0 Å². The van der Waals surface area contributed by atoms with Gasteiger partial charge in [-0.3, -0.25) is 0 Å². The maximum absolute atomic E-state index is 5.73. The molecular weight excluding hydrogens is 192 g/mol. The molecule has 0 unspecified atom stereocenters. The lowest BCUT2D eigenvalue weighted by Gasteiger charge is -2.41. The fraction of sp³-hybridized carbons (Fsp3) is 0.455. The molecular formula is C11H14N2O2. The summed E-state index contributed by atoms with van der Waals surface area (Å²) in [4.78, 5) is 2.35. The van der Waals surface area contributed by atoms with Crippen molar-refractivity contribution in [1.82, 2.24) is 0 Å². The molecule has 1 aromatic carbocycles. The van der Waals surface area contributed by atoms with Gasteiger partial charge in [0.15, 0.2) is 0 Å². The van der Waals surface area contributed by atoms with Crippen molar-refractivity contribution < 1.29 is 9.47 Å². The number of fused-ring (bicyclic) bond motifs is 3. The SMILES string of the molecule is Nc1ccc2c(c1)OC[C@@H]1COCCN21. The zero-order valence-corrected chi connectivity index (χ0v) is 8.48. The molecule has 0 radical (unpaired) electrons. The van der Waals surface area contributed by atoms with Crippen LogP contribution in [0.2, 0.25) is 0 Å². The van der Waals surface area contributed by atoms with Crippen molar-refractivity contribution in [1.29, 1.82) is 0 Å². The summed E-state index contributed by atoms with van der Waals surface area (Å²) in [5.41, 5.74) is 7.62. The minimum atomic E-state index is 0.356. The largest absolute Gasteiger partial charge is 0.489 e. The van der Waals surface area contributed by atoms with Gasteiger partial charge < -0.3 is 20.1 Å². The number of morpholine rings is 1. The molecule has 0 spiro atoms. The first-order valence-electron chi connectivity index (χ1n) is 5.21. The molecule has 0 amide bonds. The van der Waals surface area contributed by atoms with Crippen LogP contribution in [0.4, 0.5) is 11.4 Å². The van der Waals surface area contributed by atoms with Crippen molar-refractivity contribution >= 4 is 11.4 Å². The Hall–Kier alpha value is -1.42. The third-order valence-corrected chi connectivity index (χ3v) is 2.95. The van der Waals surface area contributed by atoms with Crippen LogP contribution in [-0.4, -0.2) is 32.4 Å². The predicted molar refractivity (Wildman–Crippen MR) is 58.3 cm³/mol. The van der Waals surface area contributed by atoms with Gasteiger partial charge in [-0.15, -0.1) is 0 Å². The number of rotatable bonds is 0. The third kappa shape index (κ3) is 1.41. The van der Waals surface area contributed by atoms with Crippen LogP contribution in [0.5, 0.6) is 5.75 Å². The van der Waals surface area contributed by atoms with E-state index >= 15 is 0 Å². The van der Waals surface area contributed by atoms with E-state index in [1.807, 2.05) is 18.2 Å². The van der Waals surface area contributed by atoms with Crippen LogP contribution in [0.25, 0.3) is 0 Å². The van der Waals surface area contributed by atoms with Crippen molar-refractivity contribution in [2.75, 3.05) is 37.0 Å². The Morgan fingerprint density at radius 3 is 3.20 bits per heavy atom. The monoisotopic (exact) mass is 206 g/mol. The zero-order valence-electron chi connectivity index (χ0n) is 8.48. The molecule has 3 rings (SSSR count). The fourth-order valence-electron chi connectivity index (χ4n) is 2.18. The van der Waals surface area contributed by atoms with Gasteiger partial charge in [0, 0.05) is 18.3 Å². The minimum Gasteiger partial charge on any atom is -0.489 e. The fourth-order valence-corrected chi connectivity index (χ4v) is 2.18. The van der Waals surface area contributed by atoms with Gasteiger partial charge >= 0.3 is 0 Å². The van der Waals surface area contributed by atoms with E-state index in [0.717, 1.165) is 36.9 Å². The summed E-state index contributed by atoms with van der Waals surface area (Å²) in [6.07, 6.45) is 0. The lowest BCUT2D eigenvalue weighted by atomic mass is 10.1. The molecule has 1 saturated heterocycles. The molecule has 4 nitrogen and oxygen atoms in total. The van der Waals surface area contributed by atoms with Gasteiger partial charge in [-0.1, -0.05) is 0 Å². The zero-order chi connectivity index (χ0) is 10.3. The van der Waals surface area contributed by atoms with Gasteiger partial charge in [0.05, 0.1) is 24.9 Å². The van der Waals surface area contributed by atoms with E-state index in [4.69, 9.17) is 15.2 Å². The van der Waals surface area contributed by atoms with Crippen molar-refractivity contribution in [3.63, 3.8) is 0 Å². The molecule has 0 aromatic heterocycles. The van der Waals surface area contributed by atoms with Crippen LogP contribution in [0, 0.1) is 0 Å². The Morgan fingerprint density at radius 2 is 2.27 bits per heavy atom. The van der Waals surface area contributed by atoms with Crippen LogP contribution in [0.15, 0.2) is 18.2 Å². The summed E-state index contributed by atoms with van der Waals surface area (Å²) in [6.45, 7) is 3.17. The van der Waals surface area contributed by atoms with Crippen LogP contribution >= 0.6 is 0 Å². The molecule has 2 aliphatic heterocycles. The molecule has 0 saturated carbocycles. The number of hydrogen-bond acceptors (Lipinski definition) is 4. The van der Waals surface area contributed by atoms with E-state index in [-0.39, 0.29) is 0 Å². The van der Waals surface area contributed by atoms with Crippen molar-refractivity contribution in [2.24, 2.45) is 0 Å². The number of hydrogen-bond donors (Lipinski definition) is 1. The van der Waals surface area contributed by atoms with Crippen LogP contribution in [0.1, 0.15) is 0 Å². The summed E-state index contributed by atoms with van der Waals surface area (Å²) in [5.74, 6) is 0.896. The number of anilines is 2. The van der Waals surface area contributed by atoms with E-state index in [0.29, 0.717) is 12.6 Å². The highest BCUT2D eigenvalue weighted by Gasteiger charge is 2.30. The van der Waals surface area contributed by atoms with E-state index in [1.165, 1.54) is 0 Å². The molecule has 1 aromatic rings. The Labute approximate surface area is 88.6 Å². The normalized spacial score (nSPS) is 24.0. The maximum atomic E-state index is 5.73. The van der Waals surface area contributed by atoms with Crippen LogP contribution < -0.4 is 15.4 Å². The Bertz CT molecular complexity index is 381. The first-order chi connectivity index (χ1) is 7.34. The van der Waals surface area contributed by atoms with Gasteiger partial charge in [0.1, 0.15) is 12.4 Å². The topological polar surface area (TPSA) is 47.7 Å². The molecule has 0 aliphatic carbocycles. The summed E-state index contributed by atoms with van der Waals surface area (Å²) in [7, 11) is 0. The predicted octanol–water partition coefficient (Wildman–Crippen LogP) is 0.866. The number of nitrogen functional groups attached to an aromatic ring is 1. The van der Waals surface area contributed by atoms with Crippen molar-refractivity contribution in [3.8, 4) is 5.75 Å². The molecule has 2 aliphatic rings. The van der Waals surface area contributed by atoms with Crippen molar-refractivity contribution in [2.45, 2.75) is 6.04 Å². The van der Waals surface area contributed by atoms with Gasteiger partial charge in [0.25, 0.3) is 0 Å². The Kier molecular flexibility index (Phi) is 1.95. The highest BCUT2D eigenvalue weighted by Crippen LogP contribution is 2.36. The summed E-state index contributed by atoms with van der Waals surface area (Å²) < 4.78 is 11.1. The Balaban J connectivity index is 1.99. The molecule has 0 bridgehead atoms. The Morgan fingerprint density at radius 1 is 1.33 bits per heavy atom. The minimum absolute atomic E-state index is 0.356. The first kappa shape index (κ1) is 8.85. The van der Waals surface area contributed by atoms with Gasteiger partial charge in [0.2, 0.25) is 0 Å². The standard InChI is InChI=1S/C11H14N2O2/c12-8-1-2-10-11(5-8)15-7-9-6-14-4-3-13(9)10/h1-2,5,9H,3-4,6-7,12H2/t9-/m0/s1. The number of ether oxygens (including phenoxy) is 2. The smallest absolute Gasteiger partial charge is 0.144 e. The van der Waals surface area contributed by atoms with E-state index < -0.39 is 0 Å². The van der Waals surface area contributed by atoms with Crippen LogP contribution in [0.3, 0.4) is 0 Å².